The van der Waals surface area contributed by atoms with Crippen LogP contribution in [0, 0.1) is 41.6 Å². The molecule has 664 valence electrons. The van der Waals surface area contributed by atoms with Crippen molar-refractivity contribution >= 4 is 111 Å². The van der Waals surface area contributed by atoms with Crippen molar-refractivity contribution in [1.29, 1.82) is 0 Å². The molecular formula is C79H106Cl2F4N16O17S3. The smallest absolute Gasteiger partial charge is 0.416 e. The minimum atomic E-state index is -4.62. The number of halogens is 6. The average Bonchev–Trinajstić information content (AvgIpc) is 0.985. The van der Waals surface area contributed by atoms with Crippen molar-refractivity contribution in [3.05, 3.63) is 179 Å². The number of aromatic amines is 1. The number of nitro groups is 3. The molecule has 1 aliphatic carbocycles. The van der Waals surface area contributed by atoms with Gasteiger partial charge in [0.15, 0.2) is 0 Å². The third kappa shape index (κ3) is 28.6. The second-order valence-corrected chi connectivity index (χ2v) is 35.5. The normalized spacial score (nSPS) is 18.3. The Kier molecular flexibility index (Phi) is 35.9. The van der Waals surface area contributed by atoms with Crippen LogP contribution < -0.4 is 41.0 Å². The molecule has 6 heterocycles. The van der Waals surface area contributed by atoms with E-state index in [1.54, 1.807) is 24.4 Å². The Morgan fingerprint density at radius 1 is 0.661 bits per heavy atom. The van der Waals surface area contributed by atoms with Crippen molar-refractivity contribution in [3.63, 3.8) is 0 Å². The summed E-state index contributed by atoms with van der Waals surface area (Å²) < 4.78 is 150. The van der Waals surface area contributed by atoms with Gasteiger partial charge < -0.3 is 45.2 Å². The number of fused-ring (bicyclic) bond motifs is 1. The van der Waals surface area contributed by atoms with E-state index < -0.39 is 89.5 Å². The number of morpholine rings is 3. The molecule has 42 heteroatoms. The number of pyridine rings is 1. The lowest BCUT2D eigenvalue weighted by atomic mass is 9.72. The van der Waals surface area contributed by atoms with Gasteiger partial charge in [-0.2, -0.15) is 17.6 Å². The van der Waals surface area contributed by atoms with Crippen LogP contribution in [0.5, 0.6) is 11.5 Å². The van der Waals surface area contributed by atoms with E-state index in [0.717, 1.165) is 170 Å². The van der Waals surface area contributed by atoms with Crippen LogP contribution in [-0.2, 0) is 50.5 Å². The fraction of sp³-hybridized carbons (Fsp3) is 0.494. The number of benzene rings is 5. The molecular weight excluding hydrogens is 1690 g/mol. The number of H-pyrrole nitrogens is 1. The highest BCUT2D eigenvalue weighted by Crippen LogP contribution is 2.46. The highest BCUT2D eigenvalue weighted by Gasteiger charge is 2.35. The van der Waals surface area contributed by atoms with Crippen LogP contribution in [0.25, 0.3) is 16.6 Å². The fourth-order valence-electron chi connectivity index (χ4n) is 14.4. The van der Waals surface area contributed by atoms with Gasteiger partial charge in [-0.25, -0.2) is 45.2 Å². The van der Waals surface area contributed by atoms with Gasteiger partial charge in [-0.15, -0.1) is 12.4 Å². The Labute approximate surface area is 712 Å². The number of nitro benzene ring substituents is 3. The number of piperazine rings is 1. The van der Waals surface area contributed by atoms with Crippen LogP contribution >= 0.6 is 24.0 Å². The van der Waals surface area contributed by atoms with E-state index in [0.29, 0.717) is 106 Å². The highest BCUT2D eigenvalue weighted by atomic mass is 35.5. The number of sulfonamides is 3. The summed E-state index contributed by atoms with van der Waals surface area (Å²) in [5.74, 6) is -1.77. The van der Waals surface area contributed by atoms with E-state index in [9.17, 15) is 78.0 Å². The van der Waals surface area contributed by atoms with Gasteiger partial charge in [-0.05, 0) is 173 Å². The van der Waals surface area contributed by atoms with Crippen LogP contribution in [0.3, 0.4) is 0 Å². The van der Waals surface area contributed by atoms with Crippen molar-refractivity contribution in [2.24, 2.45) is 21.4 Å². The van der Waals surface area contributed by atoms with E-state index in [1.807, 2.05) is 6.07 Å². The molecule has 4 aliphatic heterocycles. The van der Waals surface area contributed by atoms with E-state index in [2.05, 4.69) is 84.4 Å². The molecule has 10 N–H and O–H groups in total. The molecule has 2 aromatic heterocycles. The Hall–Kier alpha value is -8.85. The standard InChI is InChI=1S/C49H56ClF3N8O7S.C15H24N4O5S.C9H20N2O.C6H5FN2O4S.ClH/c1-4-58-22-23-67-36(31-58)6-5-16-54-43-12-9-38(27-44(43)61(63)64)69(65,66)57-47(62)40-11-8-35(26-45(40)68-37-24-32-14-17-55-46(32)56-29-37)60-20-18-59(19-21-60)30-33-13-15-48(2,3)28-41(33)39-10-7-34(25-42(39)50)49(51,52)53;1-2-18-8-9-24-12(11-18)4-3-7-17-14-6-5-13(25(16,22)23)10-15(14)19(20)21;1-2-11-6-7-12-9(8-11)4-3-5-10;7-5-2-1-4(14(8,12)13)3-6(5)9(10)11;/h7-12,14,17,24-27,29,36,54H,4-6,13,15-16,18-23,28,30-31H2,1-3H3,(H,55,56)(H,57,62);5-6,10,12,17H,2-4,7-9,11H2,1H3,(H2,16,22,23);9H,2-8,10H2,1H3;1-3H,(H2,8,12,13);1H. The molecule has 7 aromatic rings. The first kappa shape index (κ1) is 97.6. The van der Waals surface area contributed by atoms with Gasteiger partial charge in [0.25, 0.3) is 27.3 Å². The number of amides is 1. The zero-order chi connectivity index (χ0) is 87.3. The molecule has 0 bridgehead atoms. The molecule has 4 saturated heterocycles. The van der Waals surface area contributed by atoms with Gasteiger partial charge in [-0.3, -0.25) is 54.7 Å². The molecule has 12 rings (SSSR count). The SMILES string of the molecule is CCN1CCOC(CCCN)C1.CCN1CCOC(CCCNc2ccc(S(=O)(=O)NC(=O)c3ccc(N4CCN(CC5=C(c6ccc(C(F)(F)F)cc6Cl)CC(C)(C)CC5)CC4)cc3Oc3cnc4[nH]ccc4c3)cc2[N+](=O)[O-])C1.CCN1CCOC(CCCNc2ccc(S(N)(=O)=O)cc2[N+](=O)[O-])C1.Cl.NS(=O)(=O)c1ccc(F)c([N+](=O)[O-])c1. The topological polar surface area (TPSA) is 445 Å². The van der Waals surface area contributed by atoms with Gasteiger partial charge in [0, 0.05) is 132 Å². The molecule has 0 saturated carbocycles. The first-order valence-electron chi connectivity index (χ1n) is 39.5. The number of likely N-dealkylation sites (N-methyl/N-ethyl adjacent to an activating group) is 3. The number of ether oxygens (including phenoxy) is 4. The van der Waals surface area contributed by atoms with Crippen molar-refractivity contribution in [2.45, 2.75) is 132 Å². The number of hydrogen-bond donors (Lipinski definition) is 7. The average molecular weight is 1790 g/mol. The predicted molar refractivity (Wildman–Crippen MR) is 455 cm³/mol. The van der Waals surface area contributed by atoms with E-state index in [-0.39, 0.29) is 68.3 Å². The summed E-state index contributed by atoms with van der Waals surface area (Å²) in [5, 5.41) is 50.1. The Morgan fingerprint density at radius 3 is 1.68 bits per heavy atom. The number of carbonyl (C=O) groups is 1. The second-order valence-electron chi connectivity index (χ2n) is 30.2. The molecule has 33 nitrogen and oxygen atoms in total. The van der Waals surface area contributed by atoms with Gasteiger partial charge in [0.2, 0.25) is 25.9 Å². The quantitative estimate of drug-likeness (QED) is 0.00951. The monoisotopic (exact) mass is 1790 g/mol. The molecule has 5 aliphatic rings. The zero-order valence-corrected chi connectivity index (χ0v) is 71.9. The van der Waals surface area contributed by atoms with Crippen LogP contribution in [0.4, 0.5) is 51.7 Å². The summed E-state index contributed by atoms with van der Waals surface area (Å²) in [7, 11) is -12.6. The largest absolute Gasteiger partial charge is 0.455 e. The second kappa shape index (κ2) is 44.5. The van der Waals surface area contributed by atoms with Crippen molar-refractivity contribution in [2.75, 3.05) is 147 Å². The number of anilines is 3. The van der Waals surface area contributed by atoms with E-state index >= 15 is 0 Å². The number of nitrogens with zero attached hydrogens (tertiary/aromatic N) is 9. The summed E-state index contributed by atoms with van der Waals surface area (Å²) in [6.07, 6.45) is 7.06. The maximum atomic E-state index is 14.0. The Morgan fingerprint density at radius 2 is 1.17 bits per heavy atom. The molecule has 1 amide bonds. The maximum Gasteiger partial charge on any atom is 0.416 e. The third-order valence-electron chi connectivity index (χ3n) is 21.2. The first-order chi connectivity index (χ1) is 56.8. The number of hydrogen-bond acceptors (Lipinski definition) is 26. The van der Waals surface area contributed by atoms with Crippen LogP contribution in [-0.4, -0.2) is 225 Å². The summed E-state index contributed by atoms with van der Waals surface area (Å²) in [6.45, 7) is 26.7. The number of nitrogens with one attached hydrogen (secondary N) is 4. The molecule has 3 atom stereocenters. The van der Waals surface area contributed by atoms with Crippen molar-refractivity contribution in [1.82, 2.24) is 34.3 Å². The summed E-state index contributed by atoms with van der Waals surface area (Å²) in [5.41, 5.74) is 7.34. The molecule has 3 unspecified atom stereocenters. The molecule has 0 spiro atoms. The number of nitrogens with two attached hydrogens (primary N) is 3. The number of primary sulfonamides is 2. The lowest BCUT2D eigenvalue weighted by molar-refractivity contribution is -0.387. The number of allylic oxidation sites excluding steroid dienone is 1. The van der Waals surface area contributed by atoms with Crippen molar-refractivity contribution in [3.8, 4) is 11.5 Å². The number of alkyl halides is 3. The molecule has 5 aromatic carbocycles. The summed E-state index contributed by atoms with van der Waals surface area (Å²) >= 11 is 6.54. The van der Waals surface area contributed by atoms with Crippen LogP contribution in [0.2, 0.25) is 5.02 Å². The third-order valence-corrected chi connectivity index (χ3v) is 24.7. The minimum Gasteiger partial charge on any atom is -0.455 e. The molecule has 4 fully saturated rings. The first-order valence-corrected chi connectivity index (χ1v) is 44.4. The lowest BCUT2D eigenvalue weighted by Gasteiger charge is -2.39. The number of aromatic nitrogens is 2. The summed E-state index contributed by atoms with van der Waals surface area (Å²) in [4.78, 5) is 62.9. The predicted octanol–water partition coefficient (Wildman–Crippen LogP) is 12.2. The van der Waals surface area contributed by atoms with Gasteiger partial charge in [-0.1, -0.05) is 57.9 Å². The van der Waals surface area contributed by atoms with Gasteiger partial charge in [0.1, 0.15) is 28.5 Å². The minimum absolute atomic E-state index is 0. The summed E-state index contributed by atoms with van der Waals surface area (Å²) in [6, 6.07) is 21.1. The maximum absolute atomic E-state index is 14.0. The van der Waals surface area contributed by atoms with Crippen LogP contribution in [0.15, 0.2) is 136 Å². The molecule has 0 radical (unpaired) electrons. The lowest BCUT2D eigenvalue weighted by Crippen LogP contribution is -2.47. The van der Waals surface area contributed by atoms with Crippen LogP contribution in [0.1, 0.15) is 114 Å². The Balaban J connectivity index is 0.000000281. The van der Waals surface area contributed by atoms with Crippen molar-refractivity contribution < 1.29 is 81.3 Å². The highest BCUT2D eigenvalue weighted by molar-refractivity contribution is 7.90. The zero-order valence-electron chi connectivity index (χ0n) is 67.9. The molecule has 121 heavy (non-hydrogen) atoms. The number of rotatable bonds is 30. The Bertz CT molecular complexity index is 5110. The van der Waals surface area contributed by atoms with E-state index in [4.69, 9.17) is 46.6 Å². The van der Waals surface area contributed by atoms with E-state index in [1.165, 1.54) is 42.6 Å². The fourth-order valence-corrected chi connectivity index (χ4v) is 16.8. The number of carbonyl (C=O) groups excluding carboxylic acids is 1. The van der Waals surface area contributed by atoms with Gasteiger partial charge in [0.05, 0.1) is 84.9 Å². The van der Waals surface area contributed by atoms with Gasteiger partial charge >= 0.3 is 11.9 Å².